The van der Waals surface area contributed by atoms with Crippen molar-refractivity contribution in [2.24, 2.45) is 0 Å². The Labute approximate surface area is 99.5 Å². The highest BCUT2D eigenvalue weighted by atomic mass is 16.5. The molecule has 0 aliphatic heterocycles. The summed E-state index contributed by atoms with van der Waals surface area (Å²) in [4.78, 5) is 25.1. The Morgan fingerprint density at radius 2 is 1.94 bits per heavy atom. The minimum atomic E-state index is -0.612. The van der Waals surface area contributed by atoms with E-state index < -0.39 is 5.97 Å². The maximum Gasteiger partial charge on any atom is 0.344 e. The van der Waals surface area contributed by atoms with Crippen LogP contribution in [-0.4, -0.2) is 42.1 Å². The van der Waals surface area contributed by atoms with Gasteiger partial charge < -0.3 is 14.2 Å². The molecule has 0 radical (unpaired) electrons. The van der Waals surface area contributed by atoms with Crippen LogP contribution in [0.15, 0.2) is 4.52 Å². The van der Waals surface area contributed by atoms with Crippen molar-refractivity contribution in [3.63, 3.8) is 0 Å². The summed E-state index contributed by atoms with van der Waals surface area (Å²) in [5.74, 6) is -1.02. The molecule has 6 heteroatoms. The van der Waals surface area contributed by atoms with Crippen molar-refractivity contribution in [3.8, 4) is 0 Å². The summed E-state index contributed by atoms with van der Waals surface area (Å²) < 4.78 is 9.53. The molecule has 1 heterocycles. The van der Waals surface area contributed by atoms with Crippen molar-refractivity contribution in [2.45, 2.75) is 20.8 Å². The lowest BCUT2D eigenvalue weighted by Gasteiger charge is -2.16. The smallest absolute Gasteiger partial charge is 0.344 e. The Morgan fingerprint density at radius 3 is 2.41 bits per heavy atom. The van der Waals surface area contributed by atoms with E-state index in [1.807, 2.05) is 13.8 Å². The molecule has 1 amide bonds. The van der Waals surface area contributed by atoms with Gasteiger partial charge in [0.05, 0.1) is 12.8 Å². The number of carbonyl (C=O) groups is 2. The fourth-order valence-electron chi connectivity index (χ4n) is 1.51. The third-order valence-corrected chi connectivity index (χ3v) is 2.50. The van der Waals surface area contributed by atoms with Crippen LogP contribution in [0.3, 0.4) is 0 Å². The molecule has 1 aromatic heterocycles. The van der Waals surface area contributed by atoms with Gasteiger partial charge in [0.25, 0.3) is 5.91 Å². The predicted molar refractivity (Wildman–Crippen MR) is 59.8 cm³/mol. The summed E-state index contributed by atoms with van der Waals surface area (Å²) in [6, 6.07) is 0. The average Bonchev–Trinajstić information content (AvgIpc) is 2.71. The van der Waals surface area contributed by atoms with Gasteiger partial charge in [0.1, 0.15) is 5.56 Å². The number of carbonyl (C=O) groups excluding carboxylic acids is 2. The standard InChI is InChI=1S/C11H16N2O4/c1-5-13(6-2)10(14)9-8(11(15)16-4)7(3)12-17-9/h5-6H2,1-4H3. The molecule has 0 unspecified atom stereocenters. The molecule has 6 nitrogen and oxygen atoms in total. The molecule has 1 rings (SSSR count). The van der Waals surface area contributed by atoms with E-state index >= 15 is 0 Å². The van der Waals surface area contributed by atoms with Crippen molar-refractivity contribution >= 4 is 11.9 Å². The zero-order chi connectivity index (χ0) is 13.0. The average molecular weight is 240 g/mol. The first kappa shape index (κ1) is 13.2. The Hall–Kier alpha value is -1.85. The van der Waals surface area contributed by atoms with Gasteiger partial charge >= 0.3 is 5.97 Å². The van der Waals surface area contributed by atoms with E-state index in [-0.39, 0.29) is 17.2 Å². The van der Waals surface area contributed by atoms with Crippen LogP contribution in [-0.2, 0) is 4.74 Å². The van der Waals surface area contributed by atoms with E-state index in [2.05, 4.69) is 9.89 Å². The lowest BCUT2D eigenvalue weighted by atomic mass is 10.2. The van der Waals surface area contributed by atoms with Crippen LogP contribution in [0.25, 0.3) is 0 Å². The predicted octanol–water partition coefficient (Wildman–Crippen LogP) is 1.25. The second kappa shape index (κ2) is 5.47. The van der Waals surface area contributed by atoms with Crippen LogP contribution in [0.4, 0.5) is 0 Å². The molecule has 0 bridgehead atoms. The molecule has 0 N–H and O–H groups in total. The number of nitrogens with zero attached hydrogens (tertiary/aromatic N) is 2. The van der Waals surface area contributed by atoms with Gasteiger partial charge in [-0.25, -0.2) is 4.79 Å². The number of esters is 1. The Bertz CT molecular complexity index is 421. The topological polar surface area (TPSA) is 72.6 Å². The van der Waals surface area contributed by atoms with Gasteiger partial charge in [0.15, 0.2) is 0 Å². The monoisotopic (exact) mass is 240 g/mol. The number of rotatable bonds is 4. The van der Waals surface area contributed by atoms with Gasteiger partial charge in [-0.05, 0) is 20.8 Å². The summed E-state index contributed by atoms with van der Waals surface area (Å²) in [5.41, 5.74) is 0.455. The van der Waals surface area contributed by atoms with Crippen LogP contribution in [0.5, 0.6) is 0 Å². The third kappa shape index (κ3) is 2.46. The van der Waals surface area contributed by atoms with Crippen LogP contribution in [0.1, 0.15) is 40.5 Å². The van der Waals surface area contributed by atoms with Crippen molar-refractivity contribution in [1.82, 2.24) is 10.1 Å². The van der Waals surface area contributed by atoms with Crippen molar-refractivity contribution < 1.29 is 18.8 Å². The Morgan fingerprint density at radius 1 is 1.35 bits per heavy atom. The van der Waals surface area contributed by atoms with E-state index in [1.54, 1.807) is 11.8 Å². The summed E-state index contributed by atoms with van der Waals surface area (Å²) in [6.07, 6.45) is 0. The van der Waals surface area contributed by atoms with E-state index in [9.17, 15) is 9.59 Å². The second-order valence-corrected chi connectivity index (χ2v) is 3.44. The van der Waals surface area contributed by atoms with Crippen molar-refractivity contribution in [3.05, 3.63) is 17.0 Å². The number of amides is 1. The highest BCUT2D eigenvalue weighted by Crippen LogP contribution is 2.16. The molecule has 0 saturated heterocycles. The molecule has 0 spiro atoms. The van der Waals surface area contributed by atoms with Gasteiger partial charge in [-0.3, -0.25) is 4.79 Å². The molecule has 1 aromatic rings. The molecule has 17 heavy (non-hydrogen) atoms. The normalized spacial score (nSPS) is 10.1. The third-order valence-electron chi connectivity index (χ3n) is 2.50. The summed E-state index contributed by atoms with van der Waals surface area (Å²) in [6.45, 7) is 6.37. The zero-order valence-corrected chi connectivity index (χ0v) is 10.4. The molecule has 0 aromatic carbocycles. The first-order valence-electron chi connectivity index (χ1n) is 5.40. The minimum Gasteiger partial charge on any atom is -0.465 e. The quantitative estimate of drug-likeness (QED) is 0.740. The molecule has 0 aliphatic rings. The Balaban J connectivity index is 3.14. The number of methoxy groups -OCH3 is 1. The highest BCUT2D eigenvalue weighted by molar-refractivity contribution is 6.03. The second-order valence-electron chi connectivity index (χ2n) is 3.44. The van der Waals surface area contributed by atoms with Gasteiger partial charge in [-0.1, -0.05) is 5.16 Å². The number of aromatic nitrogens is 1. The van der Waals surface area contributed by atoms with E-state index in [4.69, 9.17) is 4.52 Å². The fraction of sp³-hybridized carbons (Fsp3) is 0.545. The zero-order valence-electron chi connectivity index (χ0n) is 10.4. The van der Waals surface area contributed by atoms with Crippen LogP contribution >= 0.6 is 0 Å². The number of hydrogen-bond donors (Lipinski definition) is 0. The largest absolute Gasteiger partial charge is 0.465 e. The first-order chi connectivity index (χ1) is 8.06. The number of ether oxygens (including phenoxy) is 1. The van der Waals surface area contributed by atoms with Crippen LogP contribution in [0, 0.1) is 6.92 Å². The molecule has 0 fully saturated rings. The molecule has 94 valence electrons. The fourth-order valence-corrected chi connectivity index (χ4v) is 1.51. The molecule has 0 aliphatic carbocycles. The lowest BCUT2D eigenvalue weighted by Crippen LogP contribution is -2.31. The molecule has 0 atom stereocenters. The van der Waals surface area contributed by atoms with Gasteiger partial charge in [0, 0.05) is 13.1 Å². The van der Waals surface area contributed by atoms with E-state index in [0.29, 0.717) is 18.8 Å². The Kier molecular flexibility index (Phi) is 4.25. The van der Waals surface area contributed by atoms with Gasteiger partial charge in [-0.2, -0.15) is 0 Å². The first-order valence-corrected chi connectivity index (χ1v) is 5.40. The number of hydrogen-bond acceptors (Lipinski definition) is 5. The van der Waals surface area contributed by atoms with Crippen LogP contribution in [0.2, 0.25) is 0 Å². The summed E-state index contributed by atoms with van der Waals surface area (Å²) >= 11 is 0. The van der Waals surface area contributed by atoms with E-state index in [0.717, 1.165) is 0 Å². The maximum absolute atomic E-state index is 12.0. The highest BCUT2D eigenvalue weighted by Gasteiger charge is 2.28. The lowest BCUT2D eigenvalue weighted by molar-refractivity contribution is 0.0584. The van der Waals surface area contributed by atoms with Crippen molar-refractivity contribution in [1.29, 1.82) is 0 Å². The van der Waals surface area contributed by atoms with Gasteiger partial charge in [0.2, 0.25) is 5.76 Å². The molecular weight excluding hydrogens is 224 g/mol. The SMILES string of the molecule is CCN(CC)C(=O)c1onc(C)c1C(=O)OC. The van der Waals surface area contributed by atoms with Crippen molar-refractivity contribution in [2.75, 3.05) is 20.2 Å². The maximum atomic E-state index is 12.0. The number of aryl methyl sites for hydroxylation is 1. The summed E-state index contributed by atoms with van der Waals surface area (Å²) in [5, 5.41) is 3.63. The summed E-state index contributed by atoms with van der Waals surface area (Å²) in [7, 11) is 1.25. The van der Waals surface area contributed by atoms with E-state index in [1.165, 1.54) is 7.11 Å². The van der Waals surface area contributed by atoms with Crippen LogP contribution < -0.4 is 0 Å². The minimum absolute atomic E-state index is 0.0574. The van der Waals surface area contributed by atoms with Gasteiger partial charge in [-0.15, -0.1) is 0 Å². The molecular formula is C11H16N2O4. The molecule has 0 saturated carbocycles.